The Bertz CT molecular complexity index is 691. The van der Waals surface area contributed by atoms with Crippen molar-refractivity contribution in [2.45, 2.75) is 6.42 Å². The molecule has 2 rings (SSSR count). The van der Waals surface area contributed by atoms with Crippen molar-refractivity contribution < 1.29 is 18.7 Å². The van der Waals surface area contributed by atoms with Crippen molar-refractivity contribution in [2.24, 2.45) is 0 Å². The van der Waals surface area contributed by atoms with Gasteiger partial charge in [0, 0.05) is 5.02 Å². The second-order valence-corrected chi connectivity index (χ2v) is 4.97. The van der Waals surface area contributed by atoms with Gasteiger partial charge < -0.3 is 14.8 Å². The van der Waals surface area contributed by atoms with Gasteiger partial charge in [0.1, 0.15) is 5.82 Å². The zero-order valence-electron chi connectivity index (χ0n) is 12.2. The fourth-order valence-electron chi connectivity index (χ4n) is 1.96. The maximum atomic E-state index is 13.6. The number of nitrogens with one attached hydrogen (secondary N) is 1. The lowest BCUT2D eigenvalue weighted by Gasteiger charge is -2.10. The molecule has 0 saturated heterocycles. The minimum absolute atomic E-state index is 0.0857. The molecule has 6 heteroatoms. The van der Waals surface area contributed by atoms with Crippen molar-refractivity contribution in [1.82, 2.24) is 0 Å². The van der Waals surface area contributed by atoms with E-state index in [-0.39, 0.29) is 23.0 Å². The van der Waals surface area contributed by atoms with Crippen molar-refractivity contribution >= 4 is 23.2 Å². The predicted octanol–water partition coefficient (Wildman–Crippen LogP) is 3.68. The van der Waals surface area contributed by atoms with Gasteiger partial charge in [-0.1, -0.05) is 17.7 Å². The highest BCUT2D eigenvalue weighted by molar-refractivity contribution is 6.30. The Morgan fingerprint density at radius 3 is 2.50 bits per heavy atom. The minimum atomic E-state index is -0.576. The number of hydrogen-bond donors (Lipinski definition) is 1. The SMILES string of the molecule is COc1ccc(CC(=O)Nc2ccc(Cl)cc2F)cc1OC. The fraction of sp³-hybridized carbons (Fsp3) is 0.188. The molecule has 22 heavy (non-hydrogen) atoms. The highest BCUT2D eigenvalue weighted by Gasteiger charge is 2.10. The molecule has 0 saturated carbocycles. The van der Waals surface area contributed by atoms with Gasteiger partial charge in [-0.15, -0.1) is 0 Å². The van der Waals surface area contributed by atoms with E-state index in [0.29, 0.717) is 11.5 Å². The molecule has 1 N–H and O–H groups in total. The van der Waals surface area contributed by atoms with Gasteiger partial charge >= 0.3 is 0 Å². The third-order valence-electron chi connectivity index (χ3n) is 3.02. The molecule has 0 bridgehead atoms. The average molecular weight is 324 g/mol. The van der Waals surface area contributed by atoms with E-state index in [9.17, 15) is 9.18 Å². The number of halogens is 2. The van der Waals surface area contributed by atoms with Crippen molar-refractivity contribution in [3.63, 3.8) is 0 Å². The first kappa shape index (κ1) is 16.1. The summed E-state index contributed by atoms with van der Waals surface area (Å²) < 4.78 is 23.9. The van der Waals surface area contributed by atoms with E-state index < -0.39 is 5.82 Å². The summed E-state index contributed by atoms with van der Waals surface area (Å²) >= 11 is 5.67. The van der Waals surface area contributed by atoms with Crippen molar-refractivity contribution in [2.75, 3.05) is 19.5 Å². The van der Waals surface area contributed by atoms with Crippen LogP contribution >= 0.6 is 11.6 Å². The monoisotopic (exact) mass is 323 g/mol. The molecule has 2 aromatic carbocycles. The molecular formula is C16H15ClFNO3. The lowest BCUT2D eigenvalue weighted by molar-refractivity contribution is -0.115. The molecule has 0 spiro atoms. The van der Waals surface area contributed by atoms with E-state index in [0.717, 1.165) is 11.6 Å². The first-order chi connectivity index (χ1) is 10.5. The predicted molar refractivity (Wildman–Crippen MR) is 83.3 cm³/mol. The Labute approximate surface area is 132 Å². The molecule has 0 aliphatic rings. The zero-order valence-corrected chi connectivity index (χ0v) is 12.9. The van der Waals surface area contributed by atoms with Crippen LogP contribution in [-0.2, 0) is 11.2 Å². The van der Waals surface area contributed by atoms with E-state index >= 15 is 0 Å². The standard InChI is InChI=1S/C16H15ClFNO3/c1-21-14-6-3-10(7-15(14)22-2)8-16(20)19-13-5-4-11(17)9-12(13)18/h3-7,9H,8H2,1-2H3,(H,19,20). The Hall–Kier alpha value is -2.27. The molecule has 1 amide bonds. The molecule has 0 aliphatic heterocycles. The molecule has 0 aromatic heterocycles. The van der Waals surface area contributed by atoms with Gasteiger partial charge in [-0.25, -0.2) is 4.39 Å². The number of carbonyl (C=O) groups is 1. The van der Waals surface area contributed by atoms with Crippen LogP contribution in [0.2, 0.25) is 5.02 Å². The van der Waals surface area contributed by atoms with E-state index in [1.807, 2.05) is 0 Å². The molecule has 116 valence electrons. The summed E-state index contributed by atoms with van der Waals surface area (Å²) in [5, 5.41) is 2.78. The highest BCUT2D eigenvalue weighted by atomic mass is 35.5. The largest absolute Gasteiger partial charge is 0.493 e. The molecule has 0 atom stereocenters. The highest BCUT2D eigenvalue weighted by Crippen LogP contribution is 2.28. The van der Waals surface area contributed by atoms with Crippen molar-refractivity contribution in [3.05, 3.63) is 52.8 Å². The van der Waals surface area contributed by atoms with Gasteiger partial charge in [0.15, 0.2) is 11.5 Å². The number of benzene rings is 2. The Balaban J connectivity index is 2.08. The average Bonchev–Trinajstić information content (AvgIpc) is 2.50. The quantitative estimate of drug-likeness (QED) is 0.913. The Morgan fingerprint density at radius 1 is 1.14 bits per heavy atom. The van der Waals surface area contributed by atoms with Crippen LogP contribution in [-0.4, -0.2) is 20.1 Å². The topological polar surface area (TPSA) is 47.6 Å². The van der Waals surface area contributed by atoms with E-state index in [1.54, 1.807) is 18.2 Å². The Kier molecular flexibility index (Phi) is 5.22. The Morgan fingerprint density at radius 2 is 1.86 bits per heavy atom. The number of rotatable bonds is 5. The second-order valence-electron chi connectivity index (χ2n) is 4.54. The number of carbonyl (C=O) groups excluding carboxylic acids is 1. The van der Waals surface area contributed by atoms with Crippen LogP contribution in [0.25, 0.3) is 0 Å². The third kappa shape index (κ3) is 3.89. The van der Waals surface area contributed by atoms with Crippen LogP contribution in [0.3, 0.4) is 0 Å². The second kappa shape index (κ2) is 7.13. The molecule has 0 heterocycles. The maximum Gasteiger partial charge on any atom is 0.228 e. The summed E-state index contributed by atoms with van der Waals surface area (Å²) in [5.41, 5.74) is 0.819. The smallest absolute Gasteiger partial charge is 0.228 e. The number of ether oxygens (including phenoxy) is 2. The third-order valence-corrected chi connectivity index (χ3v) is 3.25. The van der Waals surface area contributed by atoms with Gasteiger partial charge in [0.25, 0.3) is 0 Å². The molecular weight excluding hydrogens is 309 g/mol. The van der Waals surface area contributed by atoms with Gasteiger partial charge in [-0.2, -0.15) is 0 Å². The van der Waals surface area contributed by atoms with Crippen LogP contribution in [0.5, 0.6) is 11.5 Å². The van der Waals surface area contributed by atoms with Crippen LogP contribution < -0.4 is 14.8 Å². The minimum Gasteiger partial charge on any atom is -0.493 e. The lowest BCUT2D eigenvalue weighted by Crippen LogP contribution is -2.15. The van der Waals surface area contributed by atoms with E-state index in [4.69, 9.17) is 21.1 Å². The summed E-state index contributed by atoms with van der Waals surface area (Å²) in [6.45, 7) is 0. The van der Waals surface area contributed by atoms with Gasteiger partial charge in [-0.05, 0) is 35.9 Å². The first-order valence-corrected chi connectivity index (χ1v) is 6.87. The normalized spacial score (nSPS) is 10.2. The van der Waals surface area contributed by atoms with Crippen molar-refractivity contribution in [3.8, 4) is 11.5 Å². The molecule has 2 aromatic rings. The van der Waals surface area contributed by atoms with Crippen molar-refractivity contribution in [1.29, 1.82) is 0 Å². The molecule has 0 radical (unpaired) electrons. The van der Waals surface area contributed by atoms with Crippen LogP contribution in [0.15, 0.2) is 36.4 Å². The molecule has 0 fully saturated rings. The van der Waals surface area contributed by atoms with Gasteiger partial charge in [0.05, 0.1) is 26.3 Å². The fourth-order valence-corrected chi connectivity index (χ4v) is 2.12. The number of hydrogen-bond acceptors (Lipinski definition) is 3. The van der Waals surface area contributed by atoms with Crippen LogP contribution in [0.4, 0.5) is 10.1 Å². The number of methoxy groups -OCH3 is 2. The van der Waals surface area contributed by atoms with E-state index in [2.05, 4.69) is 5.32 Å². The molecule has 0 unspecified atom stereocenters. The summed E-state index contributed by atoms with van der Waals surface area (Å²) in [6, 6.07) is 9.24. The van der Waals surface area contributed by atoms with Crippen LogP contribution in [0, 0.1) is 5.82 Å². The number of anilines is 1. The van der Waals surface area contributed by atoms with E-state index in [1.165, 1.54) is 26.4 Å². The molecule has 0 aliphatic carbocycles. The number of amides is 1. The summed E-state index contributed by atoms with van der Waals surface area (Å²) in [6.07, 6.45) is 0.0857. The first-order valence-electron chi connectivity index (χ1n) is 6.49. The maximum absolute atomic E-state index is 13.6. The molecule has 4 nitrogen and oxygen atoms in total. The zero-order chi connectivity index (χ0) is 16.1. The summed E-state index contributed by atoms with van der Waals surface area (Å²) in [4.78, 5) is 12.0. The van der Waals surface area contributed by atoms with Gasteiger partial charge in [-0.3, -0.25) is 4.79 Å². The summed E-state index contributed by atoms with van der Waals surface area (Å²) in [7, 11) is 3.05. The van der Waals surface area contributed by atoms with Crippen LogP contribution in [0.1, 0.15) is 5.56 Å². The lowest BCUT2D eigenvalue weighted by atomic mass is 10.1. The summed E-state index contributed by atoms with van der Waals surface area (Å²) in [5.74, 6) is 0.197. The van der Waals surface area contributed by atoms with Gasteiger partial charge in [0.2, 0.25) is 5.91 Å².